The lowest BCUT2D eigenvalue weighted by Gasteiger charge is -2.26. The van der Waals surface area contributed by atoms with Gasteiger partial charge in [0.05, 0.1) is 6.04 Å². The van der Waals surface area contributed by atoms with E-state index in [0.717, 1.165) is 30.5 Å². The zero-order valence-electron chi connectivity index (χ0n) is 17.0. The number of piperidine rings is 1. The third-order valence-electron chi connectivity index (χ3n) is 5.10. The Bertz CT molecular complexity index is 893. The third kappa shape index (κ3) is 5.83. The fraction of sp³-hybridized carbons (Fsp3) is 0.348. The second-order valence-electron chi connectivity index (χ2n) is 7.42. The van der Waals surface area contributed by atoms with Crippen molar-refractivity contribution in [2.75, 3.05) is 13.2 Å². The predicted molar refractivity (Wildman–Crippen MR) is 111 cm³/mol. The number of likely N-dealkylation sites (tertiary alicyclic amines) is 1. The molecule has 1 aliphatic rings. The average molecular weight is 410 g/mol. The Morgan fingerprint density at radius 3 is 2.43 bits per heavy atom. The van der Waals surface area contributed by atoms with Gasteiger partial charge in [0.1, 0.15) is 5.75 Å². The van der Waals surface area contributed by atoms with Crippen LogP contribution >= 0.6 is 0 Å². The van der Waals surface area contributed by atoms with Crippen LogP contribution in [-0.2, 0) is 16.1 Å². The van der Waals surface area contributed by atoms with Gasteiger partial charge in [0.15, 0.2) is 6.61 Å². The number of carbonyl (C=O) groups is 3. The number of carboxylic acid groups (broad SMARTS) is 1. The monoisotopic (exact) mass is 410 g/mol. The summed E-state index contributed by atoms with van der Waals surface area (Å²) in [6.45, 7) is 2.85. The molecule has 0 bridgehead atoms. The highest BCUT2D eigenvalue weighted by atomic mass is 16.5. The molecule has 2 aromatic carbocycles. The van der Waals surface area contributed by atoms with Gasteiger partial charge in [-0.25, -0.2) is 4.79 Å². The highest BCUT2D eigenvalue weighted by Gasteiger charge is 2.18. The summed E-state index contributed by atoms with van der Waals surface area (Å²) in [7, 11) is 0. The molecule has 7 heteroatoms. The van der Waals surface area contributed by atoms with Crippen molar-refractivity contribution in [3.05, 3.63) is 65.2 Å². The fourth-order valence-electron chi connectivity index (χ4n) is 3.37. The van der Waals surface area contributed by atoms with E-state index in [4.69, 9.17) is 9.84 Å². The molecule has 0 aromatic heterocycles. The van der Waals surface area contributed by atoms with Gasteiger partial charge in [-0.2, -0.15) is 0 Å². The van der Waals surface area contributed by atoms with Crippen LogP contribution in [0.25, 0.3) is 0 Å². The molecule has 2 aromatic rings. The van der Waals surface area contributed by atoms with E-state index in [2.05, 4.69) is 5.32 Å². The zero-order valence-corrected chi connectivity index (χ0v) is 17.0. The minimum absolute atomic E-state index is 0.186. The van der Waals surface area contributed by atoms with Crippen LogP contribution in [0, 0.1) is 0 Å². The molecule has 3 rings (SSSR count). The van der Waals surface area contributed by atoms with Gasteiger partial charge in [0, 0.05) is 25.1 Å². The number of carbonyl (C=O) groups excluding carboxylic acids is 2. The number of aliphatic carboxylic acids is 1. The van der Waals surface area contributed by atoms with E-state index in [0.29, 0.717) is 24.3 Å². The molecule has 2 N–H and O–H groups in total. The summed E-state index contributed by atoms with van der Waals surface area (Å²) < 4.78 is 5.11. The Morgan fingerprint density at radius 2 is 1.80 bits per heavy atom. The first-order valence-electron chi connectivity index (χ1n) is 10.0. The number of nitrogens with one attached hydrogen (secondary N) is 1. The summed E-state index contributed by atoms with van der Waals surface area (Å²) >= 11 is 0. The third-order valence-corrected chi connectivity index (χ3v) is 5.10. The van der Waals surface area contributed by atoms with Crippen molar-refractivity contribution in [2.45, 2.75) is 38.8 Å². The van der Waals surface area contributed by atoms with E-state index >= 15 is 0 Å². The summed E-state index contributed by atoms with van der Waals surface area (Å²) in [6, 6.07) is 14.0. The van der Waals surface area contributed by atoms with Crippen molar-refractivity contribution in [2.24, 2.45) is 0 Å². The van der Waals surface area contributed by atoms with Crippen LogP contribution in [0.5, 0.6) is 5.75 Å². The van der Waals surface area contributed by atoms with Crippen LogP contribution in [0.3, 0.4) is 0 Å². The summed E-state index contributed by atoms with van der Waals surface area (Å²) in [5.74, 6) is -0.568. The van der Waals surface area contributed by atoms with Crippen LogP contribution in [0.15, 0.2) is 48.5 Å². The SMILES string of the molecule is CC(NC(=O)c1ccc(CN2CCCCC2=O)cc1)c1ccc(OCC(=O)O)cc1. The lowest BCUT2D eigenvalue weighted by Crippen LogP contribution is -2.34. The molecule has 1 atom stereocenters. The predicted octanol–water partition coefficient (Wildman–Crippen LogP) is 3.15. The smallest absolute Gasteiger partial charge is 0.341 e. The van der Waals surface area contributed by atoms with Crippen molar-refractivity contribution < 1.29 is 24.2 Å². The van der Waals surface area contributed by atoms with E-state index in [1.165, 1.54) is 0 Å². The van der Waals surface area contributed by atoms with Gasteiger partial charge < -0.3 is 20.1 Å². The molecule has 1 fully saturated rings. The first-order valence-corrected chi connectivity index (χ1v) is 10.0. The number of carboxylic acids is 1. The molecule has 1 aliphatic heterocycles. The quantitative estimate of drug-likeness (QED) is 0.697. The van der Waals surface area contributed by atoms with Gasteiger partial charge in [-0.05, 0) is 55.2 Å². The standard InChI is InChI=1S/C23H26N2O5/c1-16(18-9-11-20(12-10-18)30-15-22(27)28)24-23(29)19-7-5-17(6-8-19)14-25-13-3-2-4-21(25)26/h5-12,16H,2-4,13-15H2,1H3,(H,24,29)(H,27,28). The van der Waals surface area contributed by atoms with Crippen LogP contribution in [0.2, 0.25) is 0 Å². The Hall–Kier alpha value is -3.35. The van der Waals surface area contributed by atoms with Gasteiger partial charge in [0.2, 0.25) is 5.91 Å². The molecule has 158 valence electrons. The van der Waals surface area contributed by atoms with Crippen molar-refractivity contribution in [3.8, 4) is 5.75 Å². The first-order chi connectivity index (χ1) is 14.4. The zero-order chi connectivity index (χ0) is 21.5. The fourth-order valence-corrected chi connectivity index (χ4v) is 3.37. The highest BCUT2D eigenvalue weighted by molar-refractivity contribution is 5.94. The summed E-state index contributed by atoms with van der Waals surface area (Å²) in [4.78, 5) is 36.9. The number of benzene rings is 2. The maximum absolute atomic E-state index is 12.6. The van der Waals surface area contributed by atoms with Crippen molar-refractivity contribution in [3.63, 3.8) is 0 Å². The molecule has 1 unspecified atom stereocenters. The van der Waals surface area contributed by atoms with Crippen LogP contribution in [-0.4, -0.2) is 40.9 Å². The number of ether oxygens (including phenoxy) is 1. The van der Waals surface area contributed by atoms with Gasteiger partial charge in [-0.15, -0.1) is 0 Å². The lowest BCUT2D eigenvalue weighted by molar-refractivity contribution is -0.139. The highest BCUT2D eigenvalue weighted by Crippen LogP contribution is 2.19. The van der Waals surface area contributed by atoms with E-state index < -0.39 is 12.6 Å². The Balaban J connectivity index is 1.54. The Kier molecular flexibility index (Phi) is 7.06. The molecule has 0 saturated carbocycles. The van der Waals surface area contributed by atoms with Crippen molar-refractivity contribution >= 4 is 17.8 Å². The van der Waals surface area contributed by atoms with Crippen molar-refractivity contribution in [1.29, 1.82) is 0 Å². The Morgan fingerprint density at radius 1 is 1.10 bits per heavy atom. The molecule has 30 heavy (non-hydrogen) atoms. The first kappa shape index (κ1) is 21.4. The topological polar surface area (TPSA) is 95.9 Å². The second kappa shape index (κ2) is 9.91. The molecule has 0 radical (unpaired) electrons. The molecule has 1 saturated heterocycles. The largest absolute Gasteiger partial charge is 0.482 e. The molecule has 0 spiro atoms. The van der Waals surface area contributed by atoms with E-state index in [1.54, 1.807) is 36.4 Å². The van der Waals surface area contributed by atoms with Gasteiger partial charge in [-0.1, -0.05) is 24.3 Å². The Labute approximate surface area is 175 Å². The number of hydrogen-bond acceptors (Lipinski definition) is 4. The maximum Gasteiger partial charge on any atom is 0.341 e. The number of amides is 2. The lowest BCUT2D eigenvalue weighted by atomic mass is 10.1. The van der Waals surface area contributed by atoms with Gasteiger partial charge >= 0.3 is 5.97 Å². The summed E-state index contributed by atoms with van der Waals surface area (Å²) in [6.07, 6.45) is 2.62. The number of hydrogen-bond donors (Lipinski definition) is 2. The van der Waals surface area contributed by atoms with E-state index in [-0.39, 0.29) is 17.9 Å². The van der Waals surface area contributed by atoms with Gasteiger partial charge in [-0.3, -0.25) is 9.59 Å². The molecule has 0 aliphatic carbocycles. The molecular formula is C23H26N2O5. The minimum Gasteiger partial charge on any atom is -0.482 e. The summed E-state index contributed by atoms with van der Waals surface area (Å²) in [5.41, 5.74) is 2.44. The van der Waals surface area contributed by atoms with Crippen LogP contribution < -0.4 is 10.1 Å². The van der Waals surface area contributed by atoms with Crippen molar-refractivity contribution in [1.82, 2.24) is 10.2 Å². The van der Waals surface area contributed by atoms with Crippen LogP contribution in [0.4, 0.5) is 0 Å². The number of nitrogens with zero attached hydrogens (tertiary/aromatic N) is 1. The molecule has 1 heterocycles. The second-order valence-corrected chi connectivity index (χ2v) is 7.42. The van der Waals surface area contributed by atoms with E-state index in [1.807, 2.05) is 24.0 Å². The minimum atomic E-state index is -1.03. The molecule has 7 nitrogen and oxygen atoms in total. The number of rotatable bonds is 8. The molecule has 2 amide bonds. The van der Waals surface area contributed by atoms with E-state index in [9.17, 15) is 14.4 Å². The summed E-state index contributed by atoms with van der Waals surface area (Å²) in [5, 5.41) is 11.6. The maximum atomic E-state index is 12.6. The van der Waals surface area contributed by atoms with Crippen LogP contribution in [0.1, 0.15) is 53.7 Å². The molecular weight excluding hydrogens is 384 g/mol. The average Bonchev–Trinajstić information content (AvgIpc) is 2.74. The van der Waals surface area contributed by atoms with Gasteiger partial charge in [0.25, 0.3) is 5.91 Å². The normalized spacial score (nSPS) is 14.8.